The lowest BCUT2D eigenvalue weighted by atomic mass is 10.5. The average molecular weight is 306 g/mol. The Morgan fingerprint density at radius 3 is 2.24 bits per heavy atom. The molecule has 96 valence electrons. The van der Waals surface area contributed by atoms with E-state index >= 15 is 0 Å². The molecule has 0 aliphatic rings. The summed E-state index contributed by atoms with van der Waals surface area (Å²) in [7, 11) is -3.45. The third kappa shape index (κ3) is 4.17. The maximum Gasteiger partial charge on any atom is 0.233 e. The number of hydrogen-bond donors (Lipinski definition) is 0. The Hall–Kier alpha value is -0.800. The van der Waals surface area contributed by atoms with Gasteiger partial charge in [0.15, 0.2) is 20.7 Å². The summed E-state index contributed by atoms with van der Waals surface area (Å²) < 4.78 is 69.7. The van der Waals surface area contributed by atoms with E-state index < -0.39 is 47.1 Å². The van der Waals surface area contributed by atoms with E-state index in [1.807, 2.05) is 0 Å². The van der Waals surface area contributed by atoms with Crippen LogP contribution in [0.4, 0.5) is 8.78 Å². The van der Waals surface area contributed by atoms with Gasteiger partial charge in [-0.1, -0.05) is 0 Å². The maximum atomic E-state index is 13.1. The zero-order valence-corrected chi connectivity index (χ0v) is 10.5. The van der Waals surface area contributed by atoms with Gasteiger partial charge in [0.25, 0.3) is 0 Å². The highest BCUT2D eigenvalue weighted by Crippen LogP contribution is 2.14. The molecule has 0 unspecified atom stereocenters. The molecular weight excluding hydrogens is 300 g/mol. The molecule has 10 heteroatoms. The van der Waals surface area contributed by atoms with E-state index in [2.05, 4.69) is 4.98 Å². The monoisotopic (exact) mass is 305 g/mol. The highest BCUT2D eigenvalue weighted by Gasteiger charge is 2.23. The summed E-state index contributed by atoms with van der Waals surface area (Å²) in [6.45, 7) is 0. The fraction of sp³-hybridized carbons (Fsp3) is 0.286. The van der Waals surface area contributed by atoms with Crippen LogP contribution in [0.2, 0.25) is 0 Å². The van der Waals surface area contributed by atoms with Crippen molar-refractivity contribution in [3.63, 3.8) is 0 Å². The smallest absolute Gasteiger partial charge is 0.233 e. The number of halogens is 3. The Bertz CT molecular complexity index is 629. The maximum absolute atomic E-state index is 13.1. The molecule has 1 aromatic heterocycles. The van der Waals surface area contributed by atoms with Gasteiger partial charge in [-0.2, -0.15) is 0 Å². The third-order valence-corrected chi connectivity index (χ3v) is 4.71. The summed E-state index contributed by atoms with van der Waals surface area (Å²) in [5.74, 6) is -4.22. The highest BCUT2D eigenvalue weighted by molar-refractivity contribution is 8.14. The Kier molecular flexibility index (Phi) is 4.05. The second-order valence-corrected chi connectivity index (χ2v) is 7.92. The predicted octanol–water partition coefficient (Wildman–Crippen LogP) is 0.702. The van der Waals surface area contributed by atoms with Crippen molar-refractivity contribution in [1.29, 1.82) is 0 Å². The first kappa shape index (κ1) is 14.3. The number of pyridine rings is 1. The number of sulfone groups is 1. The van der Waals surface area contributed by atoms with Gasteiger partial charge in [0.1, 0.15) is 5.82 Å². The van der Waals surface area contributed by atoms with Crippen LogP contribution in [0, 0.1) is 11.6 Å². The summed E-state index contributed by atoms with van der Waals surface area (Å²) in [6.07, 6.45) is 0.519. The lowest BCUT2D eigenvalue weighted by Gasteiger charge is -2.03. The number of rotatable bonds is 4. The first-order valence-electron chi connectivity index (χ1n) is 4.08. The average Bonchev–Trinajstić information content (AvgIpc) is 2.13. The largest absolute Gasteiger partial charge is 0.239 e. The molecule has 0 fully saturated rings. The highest BCUT2D eigenvalue weighted by atomic mass is 35.7. The zero-order valence-electron chi connectivity index (χ0n) is 8.10. The standard InChI is InChI=1S/C7H6ClF2NO4S2/c8-17(14,15)2-1-16(12,13)7-6(10)3-5(9)4-11-7/h3-4H,1-2H2. The molecule has 0 amide bonds. The van der Waals surface area contributed by atoms with Crippen molar-refractivity contribution < 1.29 is 25.6 Å². The predicted molar refractivity (Wildman–Crippen MR) is 55.8 cm³/mol. The van der Waals surface area contributed by atoms with Crippen molar-refractivity contribution in [1.82, 2.24) is 4.98 Å². The zero-order chi connectivity index (χ0) is 13.3. The van der Waals surface area contributed by atoms with E-state index in [9.17, 15) is 25.6 Å². The third-order valence-electron chi connectivity index (χ3n) is 1.66. The summed E-state index contributed by atoms with van der Waals surface area (Å²) in [5.41, 5.74) is 0. The molecule has 0 atom stereocenters. The molecule has 0 saturated heterocycles. The Morgan fingerprint density at radius 1 is 1.18 bits per heavy atom. The van der Waals surface area contributed by atoms with Crippen molar-refractivity contribution in [2.45, 2.75) is 5.03 Å². The van der Waals surface area contributed by atoms with Crippen LogP contribution in [0.15, 0.2) is 17.3 Å². The topological polar surface area (TPSA) is 81.2 Å². The van der Waals surface area contributed by atoms with Crippen LogP contribution < -0.4 is 0 Å². The quantitative estimate of drug-likeness (QED) is 0.765. The van der Waals surface area contributed by atoms with Gasteiger partial charge in [-0.05, 0) is 0 Å². The molecule has 17 heavy (non-hydrogen) atoms. The molecule has 0 saturated carbocycles. The van der Waals surface area contributed by atoms with E-state index in [0.717, 1.165) is 0 Å². The molecule has 0 bridgehead atoms. The second-order valence-electron chi connectivity index (χ2n) is 3.00. The van der Waals surface area contributed by atoms with Crippen molar-refractivity contribution in [3.8, 4) is 0 Å². The molecule has 1 aromatic rings. The van der Waals surface area contributed by atoms with Crippen LogP contribution in [0.25, 0.3) is 0 Å². The van der Waals surface area contributed by atoms with Crippen LogP contribution in [0.1, 0.15) is 0 Å². The van der Waals surface area contributed by atoms with Gasteiger partial charge >= 0.3 is 0 Å². The lowest BCUT2D eigenvalue weighted by molar-refractivity contribution is 0.531. The number of hydrogen-bond acceptors (Lipinski definition) is 5. The lowest BCUT2D eigenvalue weighted by Crippen LogP contribution is -2.16. The fourth-order valence-corrected chi connectivity index (χ4v) is 3.94. The van der Waals surface area contributed by atoms with Crippen molar-refractivity contribution in [2.75, 3.05) is 11.5 Å². The Labute approximate surface area is 101 Å². The molecule has 0 N–H and O–H groups in total. The second kappa shape index (κ2) is 4.83. The minimum atomic E-state index is -4.26. The normalized spacial score (nSPS) is 12.6. The van der Waals surface area contributed by atoms with E-state index in [1.54, 1.807) is 0 Å². The van der Waals surface area contributed by atoms with Gasteiger partial charge in [-0.3, -0.25) is 0 Å². The molecule has 1 rings (SSSR count). The molecule has 0 aliphatic heterocycles. The van der Waals surface area contributed by atoms with E-state index in [-0.39, 0.29) is 0 Å². The van der Waals surface area contributed by atoms with Crippen molar-refractivity contribution in [3.05, 3.63) is 23.9 Å². The molecule has 0 aromatic carbocycles. The number of nitrogens with zero attached hydrogens (tertiary/aromatic N) is 1. The first-order valence-corrected chi connectivity index (χ1v) is 8.21. The van der Waals surface area contributed by atoms with Crippen molar-refractivity contribution in [2.24, 2.45) is 0 Å². The molecule has 0 spiro atoms. The molecule has 0 aliphatic carbocycles. The van der Waals surface area contributed by atoms with Gasteiger partial charge < -0.3 is 0 Å². The SMILES string of the molecule is O=S(=O)(Cl)CCS(=O)(=O)c1ncc(F)cc1F. The summed E-state index contributed by atoms with van der Waals surface area (Å²) >= 11 is 0. The molecule has 0 radical (unpaired) electrons. The molecular formula is C7H6ClF2NO4S2. The van der Waals surface area contributed by atoms with Crippen LogP contribution in [-0.4, -0.2) is 33.3 Å². The summed E-state index contributed by atoms with van der Waals surface area (Å²) in [5, 5.41) is -1.00. The summed E-state index contributed by atoms with van der Waals surface area (Å²) in [6, 6.07) is 0.342. The molecule has 1 heterocycles. The van der Waals surface area contributed by atoms with Gasteiger partial charge in [0.2, 0.25) is 9.05 Å². The Balaban J connectivity index is 3.06. The first-order chi connectivity index (χ1) is 7.62. The van der Waals surface area contributed by atoms with E-state index in [4.69, 9.17) is 10.7 Å². The van der Waals surface area contributed by atoms with Crippen LogP contribution in [0.3, 0.4) is 0 Å². The van der Waals surface area contributed by atoms with Gasteiger partial charge in [0.05, 0.1) is 17.7 Å². The van der Waals surface area contributed by atoms with Gasteiger partial charge in [-0.25, -0.2) is 30.6 Å². The van der Waals surface area contributed by atoms with E-state index in [0.29, 0.717) is 12.3 Å². The van der Waals surface area contributed by atoms with Gasteiger partial charge in [-0.15, -0.1) is 0 Å². The Morgan fingerprint density at radius 2 is 1.76 bits per heavy atom. The van der Waals surface area contributed by atoms with Crippen molar-refractivity contribution >= 4 is 29.6 Å². The number of aromatic nitrogens is 1. The minimum absolute atomic E-state index is 0.342. The van der Waals surface area contributed by atoms with E-state index in [1.165, 1.54) is 0 Å². The van der Waals surface area contributed by atoms with Crippen LogP contribution in [0.5, 0.6) is 0 Å². The fourth-order valence-electron chi connectivity index (χ4n) is 0.937. The van der Waals surface area contributed by atoms with Crippen LogP contribution >= 0.6 is 10.7 Å². The van der Waals surface area contributed by atoms with Gasteiger partial charge in [0, 0.05) is 16.7 Å². The minimum Gasteiger partial charge on any atom is -0.239 e. The summed E-state index contributed by atoms with van der Waals surface area (Å²) in [4.78, 5) is 3.07. The van der Waals surface area contributed by atoms with Crippen LogP contribution in [-0.2, 0) is 18.9 Å². The molecule has 5 nitrogen and oxygen atoms in total.